The molecule has 0 bridgehead atoms. The van der Waals surface area contributed by atoms with Crippen molar-refractivity contribution >= 4 is 23.5 Å². The SMILES string of the molecule is COC(=O)[C@H](NC(=O)CCCc1ccc2c(c1)CC(=O)N2)c1ccc(OC)c(O)c1. The molecule has 3 N–H and O–H groups in total. The number of esters is 1. The van der Waals surface area contributed by atoms with Crippen LogP contribution in [0.1, 0.15) is 35.6 Å². The Morgan fingerprint density at radius 2 is 2.00 bits per heavy atom. The molecule has 0 unspecified atom stereocenters. The summed E-state index contributed by atoms with van der Waals surface area (Å²) >= 11 is 0. The molecule has 8 nitrogen and oxygen atoms in total. The van der Waals surface area contributed by atoms with E-state index in [0.29, 0.717) is 24.8 Å². The number of aryl methyl sites for hydroxylation is 1. The zero-order valence-electron chi connectivity index (χ0n) is 16.9. The number of phenols is 1. The molecule has 1 heterocycles. The number of hydrogen-bond acceptors (Lipinski definition) is 6. The van der Waals surface area contributed by atoms with Gasteiger partial charge < -0.3 is 25.2 Å². The minimum atomic E-state index is -1.03. The fourth-order valence-corrected chi connectivity index (χ4v) is 3.41. The van der Waals surface area contributed by atoms with Gasteiger partial charge in [0.15, 0.2) is 17.5 Å². The van der Waals surface area contributed by atoms with Crippen LogP contribution < -0.4 is 15.4 Å². The van der Waals surface area contributed by atoms with Crippen molar-refractivity contribution in [1.82, 2.24) is 5.32 Å². The van der Waals surface area contributed by atoms with Crippen molar-refractivity contribution in [1.29, 1.82) is 0 Å². The number of phenolic OH excluding ortho intramolecular Hbond substituents is 1. The molecule has 3 rings (SSSR count). The molecular weight excluding hydrogens is 388 g/mol. The van der Waals surface area contributed by atoms with Gasteiger partial charge in [-0.2, -0.15) is 0 Å². The Morgan fingerprint density at radius 3 is 2.70 bits per heavy atom. The number of aromatic hydroxyl groups is 1. The smallest absolute Gasteiger partial charge is 0.333 e. The van der Waals surface area contributed by atoms with Gasteiger partial charge in [-0.1, -0.05) is 18.2 Å². The van der Waals surface area contributed by atoms with Crippen molar-refractivity contribution in [3.05, 3.63) is 53.1 Å². The second-order valence-corrected chi connectivity index (χ2v) is 7.02. The van der Waals surface area contributed by atoms with Gasteiger partial charge in [-0.3, -0.25) is 9.59 Å². The van der Waals surface area contributed by atoms with Gasteiger partial charge in [0.2, 0.25) is 11.8 Å². The molecule has 0 fully saturated rings. The summed E-state index contributed by atoms with van der Waals surface area (Å²) in [6.07, 6.45) is 1.83. The average Bonchev–Trinajstić information content (AvgIpc) is 3.10. The van der Waals surface area contributed by atoms with E-state index in [2.05, 4.69) is 10.6 Å². The van der Waals surface area contributed by atoms with E-state index < -0.39 is 12.0 Å². The van der Waals surface area contributed by atoms with Crippen molar-refractivity contribution < 1.29 is 29.0 Å². The number of ether oxygens (including phenoxy) is 2. The highest BCUT2D eigenvalue weighted by atomic mass is 16.5. The Kier molecular flexibility index (Phi) is 6.56. The third kappa shape index (κ3) is 4.89. The predicted molar refractivity (Wildman–Crippen MR) is 109 cm³/mol. The fourth-order valence-electron chi connectivity index (χ4n) is 3.41. The highest BCUT2D eigenvalue weighted by Gasteiger charge is 2.24. The maximum Gasteiger partial charge on any atom is 0.333 e. The summed E-state index contributed by atoms with van der Waals surface area (Å²) in [6.45, 7) is 0. The summed E-state index contributed by atoms with van der Waals surface area (Å²) in [7, 11) is 2.65. The molecule has 30 heavy (non-hydrogen) atoms. The largest absolute Gasteiger partial charge is 0.504 e. The Bertz CT molecular complexity index is 972. The molecule has 1 atom stereocenters. The maximum atomic E-state index is 12.4. The molecule has 0 saturated heterocycles. The van der Waals surface area contributed by atoms with E-state index in [1.807, 2.05) is 18.2 Å². The van der Waals surface area contributed by atoms with Crippen molar-refractivity contribution in [3.8, 4) is 11.5 Å². The van der Waals surface area contributed by atoms with Gasteiger partial charge in [0.25, 0.3) is 0 Å². The molecule has 158 valence electrons. The van der Waals surface area contributed by atoms with Crippen LogP contribution in [0.25, 0.3) is 0 Å². The van der Waals surface area contributed by atoms with Crippen LogP contribution in [-0.2, 0) is 32.0 Å². The number of rotatable bonds is 8. The van der Waals surface area contributed by atoms with E-state index in [1.54, 1.807) is 6.07 Å². The quantitative estimate of drug-likeness (QED) is 0.573. The Labute approximate surface area is 174 Å². The Hall–Kier alpha value is -3.55. The van der Waals surface area contributed by atoms with Crippen LogP contribution in [0.3, 0.4) is 0 Å². The molecule has 1 aliphatic rings. The normalized spacial score (nSPS) is 13.2. The highest BCUT2D eigenvalue weighted by Crippen LogP contribution is 2.29. The summed E-state index contributed by atoms with van der Waals surface area (Å²) in [4.78, 5) is 36.0. The van der Waals surface area contributed by atoms with E-state index in [4.69, 9.17) is 9.47 Å². The van der Waals surface area contributed by atoms with E-state index in [1.165, 1.54) is 26.4 Å². The second-order valence-electron chi connectivity index (χ2n) is 7.02. The number of amides is 2. The Balaban J connectivity index is 1.58. The number of benzene rings is 2. The lowest BCUT2D eigenvalue weighted by Crippen LogP contribution is -2.34. The van der Waals surface area contributed by atoms with E-state index >= 15 is 0 Å². The van der Waals surface area contributed by atoms with Crippen molar-refractivity contribution in [2.24, 2.45) is 0 Å². The number of carbonyl (C=O) groups is 3. The number of anilines is 1. The molecular formula is C22H24N2O6. The number of methoxy groups -OCH3 is 2. The third-order valence-corrected chi connectivity index (χ3v) is 4.94. The van der Waals surface area contributed by atoms with E-state index in [9.17, 15) is 19.5 Å². The minimum absolute atomic E-state index is 0.0139. The van der Waals surface area contributed by atoms with Crippen LogP contribution in [0.15, 0.2) is 36.4 Å². The van der Waals surface area contributed by atoms with Gasteiger partial charge in [0, 0.05) is 12.1 Å². The number of carbonyl (C=O) groups excluding carboxylic acids is 3. The van der Waals surface area contributed by atoms with Gasteiger partial charge >= 0.3 is 5.97 Å². The standard InChI is InChI=1S/C22H24N2O6/c1-29-18-9-7-14(11-17(18)25)21(22(28)30-2)24-19(26)5-3-4-13-6-8-16-15(10-13)12-20(27)23-16/h6-11,21,25H,3-5,12H2,1-2H3,(H,23,27)(H,24,26)/t21-/m1/s1. The molecule has 0 saturated carbocycles. The summed E-state index contributed by atoms with van der Waals surface area (Å²) in [5.74, 6) is -0.829. The number of nitrogens with one attached hydrogen (secondary N) is 2. The molecule has 0 aliphatic carbocycles. The van der Waals surface area contributed by atoms with Crippen LogP contribution in [0, 0.1) is 0 Å². The minimum Gasteiger partial charge on any atom is -0.504 e. The second kappa shape index (κ2) is 9.30. The molecule has 8 heteroatoms. The average molecular weight is 412 g/mol. The van der Waals surface area contributed by atoms with Gasteiger partial charge in [-0.15, -0.1) is 0 Å². The molecule has 2 aromatic rings. The zero-order chi connectivity index (χ0) is 21.7. The lowest BCUT2D eigenvalue weighted by Gasteiger charge is -2.18. The van der Waals surface area contributed by atoms with Gasteiger partial charge in [0.1, 0.15) is 0 Å². The first-order chi connectivity index (χ1) is 14.4. The van der Waals surface area contributed by atoms with Crippen LogP contribution in [-0.4, -0.2) is 37.1 Å². The Morgan fingerprint density at radius 1 is 1.20 bits per heavy atom. The first kappa shape index (κ1) is 21.2. The van der Waals surface area contributed by atoms with Crippen molar-refractivity contribution in [2.45, 2.75) is 31.7 Å². The van der Waals surface area contributed by atoms with E-state index in [0.717, 1.165) is 16.8 Å². The van der Waals surface area contributed by atoms with Crippen LogP contribution in [0.4, 0.5) is 5.69 Å². The van der Waals surface area contributed by atoms with Gasteiger partial charge in [-0.25, -0.2) is 4.79 Å². The van der Waals surface area contributed by atoms with Gasteiger partial charge in [-0.05, 0) is 47.7 Å². The first-order valence-electron chi connectivity index (χ1n) is 9.57. The first-order valence-corrected chi connectivity index (χ1v) is 9.57. The fraction of sp³-hybridized carbons (Fsp3) is 0.318. The molecule has 2 amide bonds. The highest BCUT2D eigenvalue weighted by molar-refractivity contribution is 5.99. The molecule has 0 spiro atoms. The van der Waals surface area contributed by atoms with Crippen molar-refractivity contribution in [2.75, 3.05) is 19.5 Å². The molecule has 2 aromatic carbocycles. The lowest BCUT2D eigenvalue weighted by atomic mass is 10.0. The molecule has 0 aromatic heterocycles. The number of hydrogen-bond donors (Lipinski definition) is 3. The topological polar surface area (TPSA) is 114 Å². The summed E-state index contributed by atoms with van der Waals surface area (Å²) in [5, 5.41) is 15.4. The van der Waals surface area contributed by atoms with Crippen LogP contribution >= 0.6 is 0 Å². The lowest BCUT2D eigenvalue weighted by molar-refractivity contribution is -0.145. The summed E-state index contributed by atoms with van der Waals surface area (Å²) in [5.41, 5.74) is 3.24. The summed E-state index contributed by atoms with van der Waals surface area (Å²) < 4.78 is 9.79. The van der Waals surface area contributed by atoms with E-state index in [-0.39, 0.29) is 29.7 Å². The van der Waals surface area contributed by atoms with Crippen molar-refractivity contribution in [3.63, 3.8) is 0 Å². The maximum absolute atomic E-state index is 12.4. The monoisotopic (exact) mass is 412 g/mol. The summed E-state index contributed by atoms with van der Waals surface area (Å²) in [6, 6.07) is 9.21. The van der Waals surface area contributed by atoms with Crippen LogP contribution in [0.5, 0.6) is 11.5 Å². The molecule has 1 aliphatic heterocycles. The van der Waals surface area contributed by atoms with Crippen LogP contribution in [0.2, 0.25) is 0 Å². The molecule has 0 radical (unpaired) electrons. The van der Waals surface area contributed by atoms with Gasteiger partial charge in [0.05, 0.1) is 20.6 Å². The number of fused-ring (bicyclic) bond motifs is 1. The third-order valence-electron chi connectivity index (χ3n) is 4.94. The zero-order valence-corrected chi connectivity index (χ0v) is 16.9. The predicted octanol–water partition coefficient (Wildman–Crippen LogP) is 2.25.